The number of carbonyl (C=O) groups excluding carboxylic acids is 2. The van der Waals surface area contributed by atoms with E-state index in [1.807, 2.05) is 0 Å². The van der Waals surface area contributed by atoms with Crippen molar-refractivity contribution in [1.82, 2.24) is 14.9 Å². The normalized spacial score (nSPS) is 20.9. The van der Waals surface area contributed by atoms with Gasteiger partial charge in [-0.05, 0) is 37.5 Å². The number of hydrogen-bond acceptors (Lipinski definition) is 7. The number of aromatic nitrogens is 2. The van der Waals surface area contributed by atoms with Crippen LogP contribution in [-0.2, 0) is 0 Å². The molecule has 0 radical (unpaired) electrons. The molecule has 2 aliphatic rings. The van der Waals surface area contributed by atoms with E-state index in [2.05, 4.69) is 20.6 Å². The van der Waals surface area contributed by atoms with Crippen LogP contribution in [0.25, 0.3) is 0 Å². The summed E-state index contributed by atoms with van der Waals surface area (Å²) in [6.07, 6.45) is 6.70. The molecule has 0 unspecified atom stereocenters. The molecule has 1 aromatic carbocycles. The van der Waals surface area contributed by atoms with Crippen LogP contribution < -0.4 is 22.1 Å². The molecule has 158 valence electrons. The Balaban J connectivity index is 1.56. The summed E-state index contributed by atoms with van der Waals surface area (Å²) in [7, 11) is 0. The van der Waals surface area contributed by atoms with Gasteiger partial charge in [0.05, 0.1) is 6.20 Å². The molecule has 2 aromatic rings. The molecule has 2 atom stereocenters. The van der Waals surface area contributed by atoms with Crippen LogP contribution in [-0.4, -0.2) is 51.9 Å². The van der Waals surface area contributed by atoms with Gasteiger partial charge in [-0.15, -0.1) is 0 Å². The fraction of sp³-hybridized carbons (Fsp3) is 0.429. The molecule has 1 saturated heterocycles. The third-order valence-electron chi connectivity index (χ3n) is 5.67. The number of nitrogens with zero attached hydrogens (tertiary/aromatic N) is 3. The molecule has 1 saturated carbocycles. The molecule has 9 nitrogen and oxygen atoms in total. The van der Waals surface area contributed by atoms with E-state index >= 15 is 0 Å². The van der Waals surface area contributed by atoms with Crippen LogP contribution >= 0.6 is 0 Å². The lowest BCUT2D eigenvalue weighted by Gasteiger charge is -2.31. The van der Waals surface area contributed by atoms with Crippen LogP contribution in [0.5, 0.6) is 0 Å². The third kappa shape index (κ3) is 4.35. The maximum absolute atomic E-state index is 12.5. The Labute approximate surface area is 175 Å². The molecule has 0 spiro atoms. The minimum Gasteiger partial charge on any atom is -0.364 e. The maximum atomic E-state index is 12.5. The average Bonchev–Trinajstić information content (AvgIpc) is 2.68. The summed E-state index contributed by atoms with van der Waals surface area (Å²) in [6, 6.07) is 7.26. The van der Waals surface area contributed by atoms with Gasteiger partial charge in [0.25, 0.3) is 11.8 Å². The lowest BCUT2D eigenvalue weighted by molar-refractivity contribution is 0.0651. The van der Waals surface area contributed by atoms with E-state index in [0.29, 0.717) is 17.1 Å². The van der Waals surface area contributed by atoms with Crippen molar-refractivity contribution >= 4 is 29.1 Å². The molecule has 0 bridgehead atoms. The van der Waals surface area contributed by atoms with Gasteiger partial charge >= 0.3 is 0 Å². The Morgan fingerprint density at radius 2 is 1.93 bits per heavy atom. The highest BCUT2D eigenvalue weighted by atomic mass is 16.2. The number of amides is 2. The van der Waals surface area contributed by atoms with Crippen LogP contribution in [0, 0.1) is 0 Å². The van der Waals surface area contributed by atoms with Crippen molar-refractivity contribution in [3.63, 3.8) is 0 Å². The van der Waals surface area contributed by atoms with Gasteiger partial charge in [0.1, 0.15) is 5.82 Å². The highest BCUT2D eigenvalue weighted by molar-refractivity contribution is 5.97. The zero-order valence-electron chi connectivity index (χ0n) is 16.8. The van der Waals surface area contributed by atoms with Gasteiger partial charge in [-0.2, -0.15) is 0 Å². The fourth-order valence-corrected chi connectivity index (χ4v) is 3.82. The molecule has 30 heavy (non-hydrogen) atoms. The van der Waals surface area contributed by atoms with Gasteiger partial charge in [0, 0.05) is 36.4 Å². The largest absolute Gasteiger partial charge is 0.364 e. The highest BCUT2D eigenvalue weighted by Crippen LogP contribution is 2.24. The first kappa shape index (κ1) is 20.1. The van der Waals surface area contributed by atoms with E-state index in [9.17, 15) is 9.59 Å². The number of anilines is 3. The van der Waals surface area contributed by atoms with Crippen molar-refractivity contribution < 1.29 is 9.59 Å². The monoisotopic (exact) mass is 409 g/mol. The number of nitrogens with one attached hydrogen (secondary N) is 2. The Kier molecular flexibility index (Phi) is 5.80. The SMILES string of the molecule is NC(=O)c1ncc(N[C@@H]2CCCC[C@@H]2N)nc1Nc1cccc(C(=O)N2CCC2)c1. The number of nitrogens with two attached hydrogens (primary N) is 2. The van der Waals surface area contributed by atoms with E-state index in [0.717, 1.165) is 45.2 Å². The Morgan fingerprint density at radius 3 is 2.63 bits per heavy atom. The van der Waals surface area contributed by atoms with Crippen LogP contribution in [0.2, 0.25) is 0 Å². The number of primary amides is 1. The average molecular weight is 409 g/mol. The first-order chi connectivity index (χ1) is 14.5. The molecule has 1 aliphatic carbocycles. The molecule has 6 N–H and O–H groups in total. The predicted molar refractivity (Wildman–Crippen MR) is 115 cm³/mol. The summed E-state index contributed by atoms with van der Waals surface area (Å²) in [6.45, 7) is 1.57. The van der Waals surface area contributed by atoms with Gasteiger partial charge in [-0.3, -0.25) is 9.59 Å². The quantitative estimate of drug-likeness (QED) is 0.571. The molecule has 4 rings (SSSR count). The van der Waals surface area contributed by atoms with Crippen molar-refractivity contribution in [2.24, 2.45) is 11.5 Å². The second-order valence-corrected chi connectivity index (χ2v) is 7.87. The molecular weight excluding hydrogens is 382 g/mol. The maximum Gasteiger partial charge on any atom is 0.271 e. The van der Waals surface area contributed by atoms with E-state index in [1.54, 1.807) is 29.2 Å². The standard InChI is InChI=1S/C21H27N7O2/c22-15-7-1-2-8-16(15)26-17-12-24-18(19(23)29)20(27-17)25-14-6-3-5-13(11-14)21(30)28-9-4-10-28/h3,5-6,11-12,15-16H,1-2,4,7-10,22H2,(H2,23,29)(H2,25,26,27)/t15-,16+/m0/s1. The van der Waals surface area contributed by atoms with Gasteiger partial charge in [0.2, 0.25) is 0 Å². The number of hydrogen-bond donors (Lipinski definition) is 4. The second kappa shape index (κ2) is 8.66. The minimum absolute atomic E-state index is 0.00666. The van der Waals surface area contributed by atoms with E-state index in [1.165, 1.54) is 6.20 Å². The number of benzene rings is 1. The summed E-state index contributed by atoms with van der Waals surface area (Å²) >= 11 is 0. The molecule has 1 aromatic heterocycles. The van der Waals surface area contributed by atoms with Crippen molar-refractivity contribution in [2.45, 2.75) is 44.2 Å². The lowest BCUT2D eigenvalue weighted by Crippen LogP contribution is -2.42. The van der Waals surface area contributed by atoms with Crippen molar-refractivity contribution in [1.29, 1.82) is 0 Å². The van der Waals surface area contributed by atoms with E-state index < -0.39 is 5.91 Å². The molecule has 9 heteroatoms. The number of likely N-dealkylation sites (tertiary alicyclic amines) is 1. The Bertz CT molecular complexity index is 945. The summed E-state index contributed by atoms with van der Waals surface area (Å²) < 4.78 is 0. The lowest BCUT2D eigenvalue weighted by atomic mass is 9.91. The number of carbonyl (C=O) groups is 2. The van der Waals surface area contributed by atoms with Gasteiger partial charge in [-0.1, -0.05) is 18.9 Å². The third-order valence-corrected chi connectivity index (χ3v) is 5.67. The summed E-state index contributed by atoms with van der Waals surface area (Å²) in [4.78, 5) is 34.9. The summed E-state index contributed by atoms with van der Waals surface area (Å²) in [5.41, 5.74) is 12.9. The highest BCUT2D eigenvalue weighted by Gasteiger charge is 2.24. The first-order valence-corrected chi connectivity index (χ1v) is 10.4. The van der Waals surface area contributed by atoms with Crippen molar-refractivity contribution in [2.75, 3.05) is 23.7 Å². The zero-order chi connectivity index (χ0) is 21.1. The Hall–Kier alpha value is -3.20. The molecule has 2 heterocycles. The smallest absolute Gasteiger partial charge is 0.271 e. The van der Waals surface area contributed by atoms with Crippen LogP contribution in [0.1, 0.15) is 53.0 Å². The van der Waals surface area contributed by atoms with Crippen LogP contribution in [0.15, 0.2) is 30.5 Å². The van der Waals surface area contributed by atoms with Crippen LogP contribution in [0.3, 0.4) is 0 Å². The topological polar surface area (TPSA) is 139 Å². The number of rotatable bonds is 6. The summed E-state index contributed by atoms with van der Waals surface area (Å²) in [5.74, 6) is 0.0784. The van der Waals surface area contributed by atoms with Crippen molar-refractivity contribution in [3.05, 3.63) is 41.7 Å². The predicted octanol–water partition coefficient (Wildman–Crippen LogP) is 1.85. The molecule has 2 fully saturated rings. The van der Waals surface area contributed by atoms with Crippen molar-refractivity contribution in [3.8, 4) is 0 Å². The molecule has 1 aliphatic heterocycles. The van der Waals surface area contributed by atoms with Gasteiger partial charge in [0.15, 0.2) is 11.5 Å². The molecular formula is C21H27N7O2. The zero-order valence-corrected chi connectivity index (χ0v) is 16.8. The minimum atomic E-state index is -0.682. The van der Waals surface area contributed by atoms with E-state index in [4.69, 9.17) is 11.5 Å². The van der Waals surface area contributed by atoms with Gasteiger partial charge < -0.3 is 27.0 Å². The molecule has 2 amide bonds. The van der Waals surface area contributed by atoms with E-state index in [-0.39, 0.29) is 29.5 Å². The van der Waals surface area contributed by atoms with Crippen LogP contribution in [0.4, 0.5) is 17.3 Å². The fourth-order valence-electron chi connectivity index (χ4n) is 3.82. The first-order valence-electron chi connectivity index (χ1n) is 10.4. The second-order valence-electron chi connectivity index (χ2n) is 7.87. The Morgan fingerprint density at radius 1 is 1.13 bits per heavy atom. The van der Waals surface area contributed by atoms with Gasteiger partial charge in [-0.25, -0.2) is 9.97 Å². The summed E-state index contributed by atoms with van der Waals surface area (Å²) in [5, 5.41) is 6.43.